The van der Waals surface area contributed by atoms with Crippen molar-refractivity contribution in [3.05, 3.63) is 42.1 Å². The first kappa shape index (κ1) is 11.7. The van der Waals surface area contributed by atoms with E-state index in [1.54, 1.807) is 4.90 Å². The molecule has 1 aromatic rings. The van der Waals surface area contributed by atoms with Crippen molar-refractivity contribution in [2.24, 2.45) is 0 Å². The maximum absolute atomic E-state index is 12.0. The van der Waals surface area contributed by atoms with Gasteiger partial charge in [-0.3, -0.25) is 10.2 Å². The molecule has 0 spiro atoms. The van der Waals surface area contributed by atoms with Gasteiger partial charge in [0.05, 0.1) is 17.9 Å². The van der Waals surface area contributed by atoms with Crippen molar-refractivity contribution < 1.29 is 9.53 Å². The van der Waals surface area contributed by atoms with Crippen LogP contribution in [0.5, 0.6) is 0 Å². The Morgan fingerprint density at radius 2 is 2.16 bits per heavy atom. The Bertz CT molecular complexity index is 517. The third kappa shape index (κ3) is 2.06. The summed E-state index contributed by atoms with van der Waals surface area (Å²) in [6, 6.07) is 9.23. The van der Waals surface area contributed by atoms with Crippen molar-refractivity contribution in [3.8, 4) is 0 Å². The molecular weight excluding hydrogens is 244 g/mol. The van der Waals surface area contributed by atoms with E-state index in [0.29, 0.717) is 18.9 Å². The molecule has 2 aliphatic heterocycles. The summed E-state index contributed by atoms with van der Waals surface area (Å²) < 4.78 is 5.18. The fourth-order valence-electron chi connectivity index (χ4n) is 2.18. The standard InChI is InChI=1S/C13H14N4O2/c14-13-10(12(18)11-7-19-8-17(11)13)6-15-16-9-4-2-1-3-5-9/h1-6,11,14-16H,7-8H2/b10-6+,14-13?. The number of anilines is 1. The number of fused-ring (bicyclic) bond motifs is 1. The second-order valence-corrected chi connectivity index (χ2v) is 4.39. The molecule has 1 aromatic carbocycles. The molecule has 3 N–H and O–H groups in total. The van der Waals surface area contributed by atoms with E-state index in [2.05, 4.69) is 10.9 Å². The number of amidine groups is 1. The van der Waals surface area contributed by atoms with Gasteiger partial charge in [0.25, 0.3) is 0 Å². The zero-order valence-corrected chi connectivity index (χ0v) is 10.2. The number of carbonyl (C=O) groups excluding carboxylic acids is 1. The molecule has 0 saturated carbocycles. The lowest BCUT2D eigenvalue weighted by molar-refractivity contribution is -0.116. The van der Waals surface area contributed by atoms with Gasteiger partial charge in [-0.25, -0.2) is 0 Å². The number of Topliss-reactive ketones (excluding diaryl/α,β-unsaturated/α-hetero) is 1. The van der Waals surface area contributed by atoms with Gasteiger partial charge in [-0.2, -0.15) is 0 Å². The number of hydrogen-bond acceptors (Lipinski definition) is 5. The maximum Gasteiger partial charge on any atom is 0.192 e. The Morgan fingerprint density at radius 3 is 2.89 bits per heavy atom. The SMILES string of the molecule is N=C1/C(=C/NNc2ccccc2)C(=O)C2COCN12. The molecule has 98 valence electrons. The number of nitrogens with one attached hydrogen (secondary N) is 3. The number of ketones is 1. The number of nitrogens with zero attached hydrogens (tertiary/aromatic N) is 1. The molecule has 2 fully saturated rings. The van der Waals surface area contributed by atoms with Crippen LogP contribution in [0.1, 0.15) is 0 Å². The Morgan fingerprint density at radius 1 is 1.37 bits per heavy atom. The lowest BCUT2D eigenvalue weighted by Gasteiger charge is -2.11. The smallest absolute Gasteiger partial charge is 0.192 e. The highest BCUT2D eigenvalue weighted by Crippen LogP contribution is 2.24. The number of para-hydroxylation sites is 1. The second kappa shape index (κ2) is 4.74. The first-order valence-electron chi connectivity index (χ1n) is 6.01. The highest BCUT2D eigenvalue weighted by molar-refractivity contribution is 6.27. The first-order chi connectivity index (χ1) is 9.27. The summed E-state index contributed by atoms with van der Waals surface area (Å²) in [6.45, 7) is 0.684. The average molecular weight is 258 g/mol. The van der Waals surface area contributed by atoms with Crippen molar-refractivity contribution in [1.82, 2.24) is 10.3 Å². The van der Waals surface area contributed by atoms with E-state index < -0.39 is 0 Å². The van der Waals surface area contributed by atoms with Gasteiger partial charge in [0.15, 0.2) is 5.78 Å². The Hall–Kier alpha value is -2.34. The van der Waals surface area contributed by atoms with Crippen LogP contribution in [0.2, 0.25) is 0 Å². The molecule has 0 aliphatic carbocycles. The van der Waals surface area contributed by atoms with E-state index in [4.69, 9.17) is 10.1 Å². The molecular formula is C13H14N4O2. The predicted octanol–water partition coefficient (Wildman–Crippen LogP) is 0.705. The fraction of sp³-hybridized carbons (Fsp3) is 0.231. The summed E-state index contributed by atoms with van der Waals surface area (Å²) in [6.07, 6.45) is 1.54. The number of benzene rings is 1. The number of rotatable bonds is 3. The Labute approximate surface area is 110 Å². The average Bonchev–Trinajstić information content (AvgIpc) is 2.99. The zero-order chi connectivity index (χ0) is 13.2. The van der Waals surface area contributed by atoms with Crippen LogP contribution in [0, 0.1) is 5.41 Å². The first-order valence-corrected chi connectivity index (χ1v) is 6.01. The molecule has 3 rings (SSSR count). The predicted molar refractivity (Wildman–Crippen MR) is 70.5 cm³/mol. The van der Waals surface area contributed by atoms with Crippen LogP contribution in [-0.4, -0.2) is 35.9 Å². The van der Waals surface area contributed by atoms with Crippen LogP contribution in [0.25, 0.3) is 0 Å². The minimum Gasteiger partial charge on any atom is -0.358 e. The summed E-state index contributed by atoms with van der Waals surface area (Å²) in [4.78, 5) is 13.7. The maximum atomic E-state index is 12.0. The second-order valence-electron chi connectivity index (χ2n) is 4.39. The molecule has 2 heterocycles. The summed E-state index contributed by atoms with van der Waals surface area (Å²) in [5.41, 5.74) is 7.08. The van der Waals surface area contributed by atoms with E-state index in [1.165, 1.54) is 6.20 Å². The molecule has 0 amide bonds. The molecule has 6 nitrogen and oxygen atoms in total. The van der Waals surface area contributed by atoms with Crippen LogP contribution >= 0.6 is 0 Å². The molecule has 19 heavy (non-hydrogen) atoms. The van der Waals surface area contributed by atoms with Gasteiger partial charge >= 0.3 is 0 Å². The Balaban J connectivity index is 1.67. The van der Waals surface area contributed by atoms with Gasteiger partial charge < -0.3 is 20.5 Å². The minimum absolute atomic E-state index is 0.0649. The highest BCUT2D eigenvalue weighted by atomic mass is 16.5. The summed E-state index contributed by atoms with van der Waals surface area (Å²) in [7, 11) is 0. The topological polar surface area (TPSA) is 77.5 Å². The van der Waals surface area contributed by atoms with Crippen molar-refractivity contribution in [2.75, 3.05) is 18.8 Å². The molecule has 2 aliphatic rings. The van der Waals surface area contributed by atoms with Crippen LogP contribution in [0.3, 0.4) is 0 Å². The van der Waals surface area contributed by atoms with E-state index in [-0.39, 0.29) is 17.7 Å². The molecule has 0 bridgehead atoms. The van der Waals surface area contributed by atoms with Crippen molar-refractivity contribution in [2.45, 2.75) is 6.04 Å². The van der Waals surface area contributed by atoms with E-state index >= 15 is 0 Å². The van der Waals surface area contributed by atoms with Gasteiger partial charge in [-0.05, 0) is 12.1 Å². The quantitative estimate of drug-likeness (QED) is 0.549. The molecule has 2 saturated heterocycles. The van der Waals surface area contributed by atoms with Crippen LogP contribution in [-0.2, 0) is 9.53 Å². The van der Waals surface area contributed by atoms with Gasteiger partial charge in [-0.15, -0.1) is 0 Å². The number of ether oxygens (including phenoxy) is 1. The van der Waals surface area contributed by atoms with Crippen LogP contribution < -0.4 is 10.9 Å². The third-order valence-corrected chi connectivity index (χ3v) is 3.20. The number of hydrogen-bond donors (Lipinski definition) is 3. The summed E-state index contributed by atoms with van der Waals surface area (Å²) in [5, 5.41) is 7.94. The molecule has 1 atom stereocenters. The van der Waals surface area contributed by atoms with Gasteiger partial charge in [-0.1, -0.05) is 18.2 Å². The molecule has 1 unspecified atom stereocenters. The normalized spacial score (nSPS) is 23.9. The zero-order valence-electron chi connectivity index (χ0n) is 10.2. The lowest BCUT2D eigenvalue weighted by atomic mass is 10.1. The van der Waals surface area contributed by atoms with E-state index in [1.807, 2.05) is 30.3 Å². The van der Waals surface area contributed by atoms with Crippen molar-refractivity contribution in [3.63, 3.8) is 0 Å². The van der Waals surface area contributed by atoms with E-state index in [9.17, 15) is 4.79 Å². The summed E-state index contributed by atoms with van der Waals surface area (Å²) in [5.74, 6) is 0.153. The molecule has 0 radical (unpaired) electrons. The Kier molecular flexibility index (Phi) is 2.92. The van der Waals surface area contributed by atoms with Gasteiger partial charge in [0, 0.05) is 6.20 Å². The van der Waals surface area contributed by atoms with Crippen molar-refractivity contribution in [1.29, 1.82) is 5.41 Å². The number of hydrazine groups is 1. The number of carbonyl (C=O) groups is 1. The molecule has 6 heteroatoms. The monoisotopic (exact) mass is 258 g/mol. The molecule has 0 aromatic heterocycles. The fourth-order valence-corrected chi connectivity index (χ4v) is 2.18. The lowest BCUT2D eigenvalue weighted by Crippen LogP contribution is -2.30. The van der Waals surface area contributed by atoms with Crippen LogP contribution in [0.4, 0.5) is 5.69 Å². The minimum atomic E-state index is -0.322. The third-order valence-electron chi connectivity index (χ3n) is 3.20. The van der Waals surface area contributed by atoms with E-state index in [0.717, 1.165) is 5.69 Å². The van der Waals surface area contributed by atoms with Gasteiger partial charge in [0.2, 0.25) is 0 Å². The van der Waals surface area contributed by atoms with Crippen molar-refractivity contribution >= 4 is 17.3 Å². The largest absolute Gasteiger partial charge is 0.358 e. The van der Waals surface area contributed by atoms with Gasteiger partial charge in [0.1, 0.15) is 18.6 Å². The van der Waals surface area contributed by atoms with Crippen LogP contribution in [0.15, 0.2) is 42.1 Å². The summed E-state index contributed by atoms with van der Waals surface area (Å²) >= 11 is 0. The highest BCUT2D eigenvalue weighted by Gasteiger charge is 2.44.